The van der Waals surface area contributed by atoms with Crippen LogP contribution in [0.5, 0.6) is 11.5 Å². The maximum Gasteiger partial charge on any atom is 0.163 e. The van der Waals surface area contributed by atoms with Crippen molar-refractivity contribution in [2.75, 3.05) is 12.4 Å². The van der Waals surface area contributed by atoms with Crippen LogP contribution >= 0.6 is 0 Å². The van der Waals surface area contributed by atoms with Gasteiger partial charge in [-0.1, -0.05) is 0 Å². The number of allylic oxidation sites excluding steroid dienone is 2. The zero-order valence-electron chi connectivity index (χ0n) is 14.1. The Morgan fingerprint density at radius 3 is 2.56 bits per heavy atom. The van der Waals surface area contributed by atoms with E-state index in [-0.39, 0.29) is 17.0 Å². The highest BCUT2D eigenvalue weighted by atomic mass is 16.5. The van der Waals surface area contributed by atoms with Crippen molar-refractivity contribution in [3.8, 4) is 41.1 Å². The van der Waals surface area contributed by atoms with E-state index >= 15 is 0 Å². The molecular weight excluding hydrogens is 344 g/mol. The third-order valence-corrected chi connectivity index (χ3v) is 3.79. The Balaban J connectivity index is 1.99. The minimum Gasteiger partial charge on any atom is -0.504 e. The summed E-state index contributed by atoms with van der Waals surface area (Å²) in [4.78, 5) is 7.65. The molecule has 0 aliphatic carbocycles. The van der Waals surface area contributed by atoms with Crippen molar-refractivity contribution in [2.45, 2.75) is 0 Å². The lowest BCUT2D eigenvalue weighted by Gasteiger charge is -2.04. The summed E-state index contributed by atoms with van der Waals surface area (Å²) in [7, 11) is 1.46. The van der Waals surface area contributed by atoms with E-state index in [9.17, 15) is 5.11 Å². The summed E-state index contributed by atoms with van der Waals surface area (Å²) >= 11 is 0. The molecule has 0 unspecified atom stereocenters. The number of phenols is 1. The number of H-pyrrole nitrogens is 1. The molecule has 0 amide bonds. The van der Waals surface area contributed by atoms with Crippen LogP contribution in [0.4, 0.5) is 5.69 Å². The minimum absolute atomic E-state index is 0.0328. The number of rotatable bonds is 4. The fourth-order valence-corrected chi connectivity index (χ4v) is 2.48. The monoisotopic (exact) mass is 356 g/mol. The molecule has 0 fully saturated rings. The normalized spacial score (nSPS) is 9.70. The number of anilines is 1. The molecule has 3 aromatic rings. The van der Waals surface area contributed by atoms with Gasteiger partial charge in [-0.3, -0.25) is 0 Å². The highest BCUT2D eigenvalue weighted by Gasteiger charge is 2.11. The van der Waals surface area contributed by atoms with E-state index in [1.54, 1.807) is 42.5 Å². The number of fused-ring (bicyclic) bond motifs is 1. The first kappa shape index (κ1) is 17.3. The summed E-state index contributed by atoms with van der Waals surface area (Å²) in [6.45, 7) is 0. The summed E-state index contributed by atoms with van der Waals surface area (Å²) < 4.78 is 5.11. The van der Waals surface area contributed by atoms with E-state index in [2.05, 4.69) is 15.3 Å². The molecule has 1 heterocycles. The van der Waals surface area contributed by atoms with E-state index < -0.39 is 0 Å². The molecule has 0 spiro atoms. The van der Waals surface area contributed by atoms with Crippen molar-refractivity contribution in [3.05, 3.63) is 47.7 Å². The van der Waals surface area contributed by atoms with Crippen molar-refractivity contribution in [1.29, 1.82) is 15.8 Å². The second-order valence-corrected chi connectivity index (χ2v) is 5.41. The SMILES string of the molecule is COc1cc(-c2nc3ccc(NC(C#N)=C(C#N)C#N)cc3[nH]2)ccc1O. The van der Waals surface area contributed by atoms with Crippen molar-refractivity contribution < 1.29 is 9.84 Å². The van der Waals surface area contributed by atoms with Crippen LogP contribution in [0.2, 0.25) is 0 Å². The molecule has 0 aliphatic rings. The molecule has 8 nitrogen and oxygen atoms in total. The van der Waals surface area contributed by atoms with Gasteiger partial charge in [-0.05, 0) is 36.4 Å². The molecule has 1 aromatic heterocycles. The molecule has 2 aromatic carbocycles. The average molecular weight is 356 g/mol. The summed E-state index contributed by atoms with van der Waals surface area (Å²) in [5.74, 6) is 0.941. The van der Waals surface area contributed by atoms with Crippen LogP contribution in [0.3, 0.4) is 0 Å². The summed E-state index contributed by atoms with van der Waals surface area (Å²) in [6.07, 6.45) is 0. The Kier molecular flexibility index (Phi) is 4.61. The van der Waals surface area contributed by atoms with Gasteiger partial charge in [0.05, 0.1) is 18.1 Å². The largest absolute Gasteiger partial charge is 0.504 e. The van der Waals surface area contributed by atoms with Crippen molar-refractivity contribution >= 4 is 16.7 Å². The van der Waals surface area contributed by atoms with E-state index in [1.165, 1.54) is 13.2 Å². The number of ether oxygens (including phenoxy) is 1. The van der Waals surface area contributed by atoms with Gasteiger partial charge >= 0.3 is 0 Å². The van der Waals surface area contributed by atoms with E-state index in [0.717, 1.165) is 5.56 Å². The Bertz CT molecular complexity index is 1170. The van der Waals surface area contributed by atoms with Crippen molar-refractivity contribution in [1.82, 2.24) is 9.97 Å². The van der Waals surface area contributed by atoms with E-state index in [1.807, 2.05) is 6.07 Å². The zero-order valence-corrected chi connectivity index (χ0v) is 14.1. The first-order valence-electron chi connectivity index (χ1n) is 7.68. The van der Waals surface area contributed by atoms with Crippen LogP contribution in [-0.4, -0.2) is 22.2 Å². The number of phenolic OH excluding ortho intramolecular Hbond substituents is 1. The van der Waals surface area contributed by atoms with E-state index in [0.29, 0.717) is 28.3 Å². The Hall–Kier alpha value is -4.48. The second kappa shape index (κ2) is 7.18. The van der Waals surface area contributed by atoms with Crippen LogP contribution in [0.25, 0.3) is 22.4 Å². The Morgan fingerprint density at radius 2 is 1.89 bits per heavy atom. The fourth-order valence-electron chi connectivity index (χ4n) is 2.48. The van der Waals surface area contributed by atoms with Crippen molar-refractivity contribution in [3.63, 3.8) is 0 Å². The number of aromatic amines is 1. The van der Waals surface area contributed by atoms with Gasteiger partial charge in [0.25, 0.3) is 0 Å². The maximum absolute atomic E-state index is 9.71. The molecule has 8 heteroatoms. The first-order valence-corrected chi connectivity index (χ1v) is 7.68. The first-order chi connectivity index (χ1) is 13.1. The maximum atomic E-state index is 9.71. The molecule has 27 heavy (non-hydrogen) atoms. The predicted molar refractivity (Wildman–Crippen MR) is 97.2 cm³/mol. The number of nitriles is 3. The fraction of sp³-hybridized carbons (Fsp3) is 0.0526. The van der Waals surface area contributed by atoms with Gasteiger partial charge < -0.3 is 20.1 Å². The van der Waals surface area contributed by atoms with Gasteiger partial charge in [-0.15, -0.1) is 0 Å². The number of benzene rings is 2. The predicted octanol–water partition coefficient (Wildman–Crippen LogP) is 3.18. The van der Waals surface area contributed by atoms with Gasteiger partial charge in [0.1, 0.15) is 29.7 Å². The third kappa shape index (κ3) is 3.34. The summed E-state index contributed by atoms with van der Waals surface area (Å²) in [5.41, 5.74) is 2.21. The number of nitrogens with zero attached hydrogens (tertiary/aromatic N) is 4. The topological polar surface area (TPSA) is 142 Å². The molecule has 0 aliphatic heterocycles. The number of aromatic hydroxyl groups is 1. The lowest BCUT2D eigenvalue weighted by molar-refractivity contribution is 0.373. The second-order valence-electron chi connectivity index (χ2n) is 5.41. The van der Waals surface area contributed by atoms with Crippen LogP contribution in [-0.2, 0) is 0 Å². The van der Waals surface area contributed by atoms with Gasteiger partial charge in [0, 0.05) is 11.3 Å². The van der Waals surface area contributed by atoms with Crippen LogP contribution in [0, 0.1) is 34.0 Å². The number of imidazole rings is 1. The van der Waals surface area contributed by atoms with Gasteiger partial charge in [-0.25, -0.2) is 4.98 Å². The molecular formula is C19H12N6O2. The lowest BCUT2D eigenvalue weighted by Crippen LogP contribution is -2.00. The number of hydrogen-bond acceptors (Lipinski definition) is 7. The average Bonchev–Trinajstić information content (AvgIpc) is 3.11. The van der Waals surface area contributed by atoms with E-state index in [4.69, 9.17) is 20.5 Å². The summed E-state index contributed by atoms with van der Waals surface area (Å²) in [6, 6.07) is 15.2. The van der Waals surface area contributed by atoms with Gasteiger partial charge in [-0.2, -0.15) is 15.8 Å². The molecule has 0 saturated carbocycles. The number of nitrogens with one attached hydrogen (secondary N) is 2. The quantitative estimate of drug-likeness (QED) is 0.609. The molecule has 0 saturated heterocycles. The van der Waals surface area contributed by atoms with Gasteiger partial charge in [0.2, 0.25) is 0 Å². The molecule has 130 valence electrons. The van der Waals surface area contributed by atoms with Gasteiger partial charge in [0.15, 0.2) is 17.1 Å². The third-order valence-electron chi connectivity index (χ3n) is 3.79. The van der Waals surface area contributed by atoms with Crippen LogP contribution in [0.15, 0.2) is 47.7 Å². The molecule has 0 atom stereocenters. The molecule has 3 N–H and O–H groups in total. The minimum atomic E-state index is -0.293. The van der Waals surface area contributed by atoms with Crippen LogP contribution < -0.4 is 10.1 Å². The Morgan fingerprint density at radius 1 is 1.11 bits per heavy atom. The standard InChI is InChI=1S/C19H12N6O2/c1-27-18-6-11(2-5-17(18)26)19-24-14-4-3-13(7-15(14)25-19)23-16(10-22)12(8-20)9-21/h2-7,23,26H,1H3,(H,24,25). The smallest absolute Gasteiger partial charge is 0.163 e. The number of methoxy groups -OCH3 is 1. The van der Waals surface area contributed by atoms with Crippen molar-refractivity contribution in [2.24, 2.45) is 0 Å². The Labute approximate surface area is 154 Å². The highest BCUT2D eigenvalue weighted by Crippen LogP contribution is 2.31. The van der Waals surface area contributed by atoms with Crippen LogP contribution in [0.1, 0.15) is 0 Å². The highest BCUT2D eigenvalue weighted by molar-refractivity contribution is 5.83. The molecule has 0 bridgehead atoms. The molecule has 3 rings (SSSR count). The summed E-state index contributed by atoms with van der Waals surface area (Å²) in [5, 5.41) is 39.4. The number of hydrogen-bond donors (Lipinski definition) is 3. The number of aromatic nitrogens is 2. The molecule has 0 radical (unpaired) electrons. The zero-order chi connectivity index (χ0) is 19.4. The lowest BCUT2D eigenvalue weighted by atomic mass is 10.2.